The third-order valence-corrected chi connectivity index (χ3v) is 2.46. The van der Waals surface area contributed by atoms with Gasteiger partial charge in [-0.2, -0.15) is 5.10 Å². The number of halogens is 1. The first kappa shape index (κ1) is 9.98. The minimum atomic E-state index is 0.627. The zero-order valence-corrected chi connectivity index (χ0v) is 9.54. The van der Waals surface area contributed by atoms with E-state index in [1.165, 1.54) is 3.57 Å². The molecule has 0 radical (unpaired) electrons. The van der Waals surface area contributed by atoms with Gasteiger partial charge >= 0.3 is 0 Å². The molecular weight excluding hydrogens is 267 g/mol. The van der Waals surface area contributed by atoms with Crippen LogP contribution in [0.25, 0.3) is 0 Å². The summed E-state index contributed by atoms with van der Waals surface area (Å²) >= 11 is 2.28. The highest BCUT2D eigenvalue weighted by molar-refractivity contribution is 14.1. The summed E-state index contributed by atoms with van der Waals surface area (Å²) in [6.07, 6.45) is 2.04. The van der Waals surface area contributed by atoms with E-state index in [4.69, 9.17) is 4.74 Å². The molecule has 12 heavy (non-hydrogen) atoms. The lowest BCUT2D eigenvalue weighted by molar-refractivity contribution is 0.130. The van der Waals surface area contributed by atoms with E-state index in [1.54, 1.807) is 0 Å². The molecule has 0 atom stereocenters. The Hall–Kier alpha value is -0.100. The van der Waals surface area contributed by atoms with Gasteiger partial charge in [0, 0.05) is 19.3 Å². The molecule has 0 aromatic carbocycles. The van der Waals surface area contributed by atoms with Gasteiger partial charge in [-0.3, -0.25) is 4.68 Å². The van der Waals surface area contributed by atoms with Gasteiger partial charge in [-0.1, -0.05) is 0 Å². The van der Waals surface area contributed by atoms with Gasteiger partial charge in [0.1, 0.15) is 5.69 Å². The summed E-state index contributed by atoms with van der Waals surface area (Å²) in [6.45, 7) is 6.36. The van der Waals surface area contributed by atoms with Crippen molar-refractivity contribution in [3.8, 4) is 0 Å². The van der Waals surface area contributed by atoms with Crippen molar-refractivity contribution in [1.82, 2.24) is 9.78 Å². The first-order valence-corrected chi connectivity index (χ1v) is 5.15. The molecule has 0 aliphatic rings. The van der Waals surface area contributed by atoms with E-state index in [9.17, 15) is 0 Å². The first-order chi connectivity index (χ1) is 5.77. The molecule has 0 unspecified atom stereocenters. The molecule has 68 valence electrons. The predicted molar refractivity (Wildman–Crippen MR) is 55.9 cm³/mol. The topological polar surface area (TPSA) is 27.1 Å². The second-order valence-corrected chi connectivity index (χ2v) is 3.58. The SMILES string of the molecule is CCOCc1nn(CC)cc1I. The molecule has 0 spiro atoms. The predicted octanol–water partition coefficient (Wildman–Crippen LogP) is 2.04. The number of aromatic nitrogens is 2. The van der Waals surface area contributed by atoms with E-state index in [2.05, 4.69) is 34.6 Å². The van der Waals surface area contributed by atoms with Crippen molar-refractivity contribution < 1.29 is 4.74 Å². The summed E-state index contributed by atoms with van der Waals surface area (Å²) in [4.78, 5) is 0. The molecule has 0 N–H and O–H groups in total. The molecular formula is C8H13IN2O. The summed E-state index contributed by atoms with van der Waals surface area (Å²) < 4.78 is 8.39. The summed E-state index contributed by atoms with van der Waals surface area (Å²) in [5, 5.41) is 4.35. The Morgan fingerprint density at radius 1 is 1.58 bits per heavy atom. The maximum absolute atomic E-state index is 5.28. The van der Waals surface area contributed by atoms with Crippen LogP contribution in [0.2, 0.25) is 0 Å². The van der Waals surface area contributed by atoms with Crippen molar-refractivity contribution in [3.05, 3.63) is 15.5 Å². The monoisotopic (exact) mass is 280 g/mol. The maximum atomic E-state index is 5.28. The summed E-state index contributed by atoms with van der Waals surface area (Å²) in [6, 6.07) is 0. The Balaban J connectivity index is 2.64. The molecule has 0 amide bonds. The van der Waals surface area contributed by atoms with E-state index in [0.717, 1.165) is 18.8 Å². The number of hydrogen-bond acceptors (Lipinski definition) is 2. The zero-order chi connectivity index (χ0) is 8.97. The van der Waals surface area contributed by atoms with Crippen LogP contribution in [0, 0.1) is 3.57 Å². The Labute approximate surface area is 86.2 Å². The van der Waals surface area contributed by atoms with Gasteiger partial charge in [0.2, 0.25) is 0 Å². The Bertz CT molecular complexity index is 247. The highest BCUT2D eigenvalue weighted by Gasteiger charge is 2.04. The number of rotatable bonds is 4. The van der Waals surface area contributed by atoms with Crippen molar-refractivity contribution in [2.75, 3.05) is 6.61 Å². The normalized spacial score (nSPS) is 10.6. The van der Waals surface area contributed by atoms with Gasteiger partial charge in [0.15, 0.2) is 0 Å². The van der Waals surface area contributed by atoms with Crippen molar-refractivity contribution >= 4 is 22.6 Å². The van der Waals surface area contributed by atoms with Crippen LogP contribution in [0.4, 0.5) is 0 Å². The zero-order valence-electron chi connectivity index (χ0n) is 7.38. The van der Waals surface area contributed by atoms with Crippen LogP contribution in [-0.2, 0) is 17.9 Å². The van der Waals surface area contributed by atoms with E-state index < -0.39 is 0 Å². The Morgan fingerprint density at radius 2 is 2.33 bits per heavy atom. The first-order valence-electron chi connectivity index (χ1n) is 4.07. The molecule has 3 nitrogen and oxygen atoms in total. The Kier molecular flexibility index (Phi) is 4.00. The molecule has 1 rings (SSSR count). The molecule has 1 heterocycles. The fourth-order valence-electron chi connectivity index (χ4n) is 0.896. The molecule has 0 aliphatic heterocycles. The number of nitrogens with zero attached hydrogens (tertiary/aromatic N) is 2. The smallest absolute Gasteiger partial charge is 0.101 e. The molecule has 0 bridgehead atoms. The third-order valence-electron chi connectivity index (χ3n) is 1.55. The van der Waals surface area contributed by atoms with Crippen LogP contribution in [0.5, 0.6) is 0 Å². The van der Waals surface area contributed by atoms with Crippen LogP contribution in [-0.4, -0.2) is 16.4 Å². The van der Waals surface area contributed by atoms with E-state index in [-0.39, 0.29) is 0 Å². The summed E-state index contributed by atoms with van der Waals surface area (Å²) in [7, 11) is 0. The molecule has 0 saturated heterocycles. The van der Waals surface area contributed by atoms with E-state index >= 15 is 0 Å². The molecule has 0 fully saturated rings. The van der Waals surface area contributed by atoms with Crippen LogP contribution >= 0.6 is 22.6 Å². The molecule has 0 saturated carbocycles. The van der Waals surface area contributed by atoms with E-state index in [0.29, 0.717) is 6.61 Å². The van der Waals surface area contributed by atoms with Crippen molar-refractivity contribution in [3.63, 3.8) is 0 Å². The fraction of sp³-hybridized carbons (Fsp3) is 0.625. The van der Waals surface area contributed by atoms with E-state index in [1.807, 2.05) is 17.8 Å². The van der Waals surface area contributed by atoms with Crippen LogP contribution in [0.3, 0.4) is 0 Å². The number of aryl methyl sites for hydroxylation is 1. The quantitative estimate of drug-likeness (QED) is 0.789. The van der Waals surface area contributed by atoms with Crippen LogP contribution in [0.1, 0.15) is 19.5 Å². The van der Waals surface area contributed by atoms with Crippen LogP contribution < -0.4 is 0 Å². The van der Waals surface area contributed by atoms with Gasteiger partial charge in [-0.05, 0) is 36.4 Å². The molecule has 4 heteroatoms. The minimum Gasteiger partial charge on any atom is -0.375 e. The van der Waals surface area contributed by atoms with Gasteiger partial charge in [-0.15, -0.1) is 0 Å². The second kappa shape index (κ2) is 4.81. The van der Waals surface area contributed by atoms with Crippen molar-refractivity contribution in [1.29, 1.82) is 0 Å². The average Bonchev–Trinajstić information content (AvgIpc) is 2.43. The highest BCUT2D eigenvalue weighted by Crippen LogP contribution is 2.10. The third kappa shape index (κ3) is 2.45. The molecule has 0 aliphatic carbocycles. The minimum absolute atomic E-state index is 0.627. The van der Waals surface area contributed by atoms with Crippen LogP contribution in [0.15, 0.2) is 6.20 Å². The largest absolute Gasteiger partial charge is 0.375 e. The van der Waals surface area contributed by atoms with Gasteiger partial charge in [0.25, 0.3) is 0 Å². The summed E-state index contributed by atoms with van der Waals surface area (Å²) in [5.41, 5.74) is 1.04. The lowest BCUT2D eigenvalue weighted by Gasteiger charge is -1.96. The number of ether oxygens (including phenoxy) is 1. The number of hydrogen-bond donors (Lipinski definition) is 0. The fourth-order valence-corrected chi connectivity index (χ4v) is 1.48. The van der Waals surface area contributed by atoms with Crippen molar-refractivity contribution in [2.45, 2.75) is 27.0 Å². The second-order valence-electron chi connectivity index (χ2n) is 2.42. The lowest BCUT2D eigenvalue weighted by Crippen LogP contribution is -1.98. The average molecular weight is 280 g/mol. The standard InChI is InChI=1S/C8H13IN2O/c1-3-11-5-7(9)8(10-11)6-12-4-2/h5H,3-4,6H2,1-2H3. The molecule has 1 aromatic rings. The maximum Gasteiger partial charge on any atom is 0.101 e. The lowest BCUT2D eigenvalue weighted by atomic mass is 10.5. The van der Waals surface area contributed by atoms with Gasteiger partial charge < -0.3 is 4.74 Å². The van der Waals surface area contributed by atoms with Gasteiger partial charge in [0.05, 0.1) is 10.2 Å². The summed E-state index contributed by atoms with van der Waals surface area (Å²) in [5.74, 6) is 0. The molecule has 1 aromatic heterocycles. The Morgan fingerprint density at radius 3 is 2.83 bits per heavy atom. The van der Waals surface area contributed by atoms with Gasteiger partial charge in [-0.25, -0.2) is 0 Å². The highest BCUT2D eigenvalue weighted by atomic mass is 127. The van der Waals surface area contributed by atoms with Crippen molar-refractivity contribution in [2.24, 2.45) is 0 Å².